The molecule has 0 unspecified atom stereocenters. The minimum atomic E-state index is -0.189. The fourth-order valence-corrected chi connectivity index (χ4v) is 1.70. The summed E-state index contributed by atoms with van der Waals surface area (Å²) in [5, 5.41) is 6.90. The van der Waals surface area contributed by atoms with Crippen LogP contribution in [0.4, 0.5) is 0 Å². The van der Waals surface area contributed by atoms with E-state index in [-0.39, 0.29) is 5.91 Å². The van der Waals surface area contributed by atoms with Crippen molar-refractivity contribution in [3.63, 3.8) is 0 Å². The van der Waals surface area contributed by atoms with E-state index in [1.807, 2.05) is 19.3 Å². The van der Waals surface area contributed by atoms with Gasteiger partial charge in [-0.15, -0.1) is 0 Å². The molecule has 0 atom stereocenters. The minimum Gasteiger partial charge on any atom is -0.457 e. The van der Waals surface area contributed by atoms with Crippen LogP contribution in [-0.2, 0) is 13.6 Å². The molecule has 0 fully saturated rings. The summed E-state index contributed by atoms with van der Waals surface area (Å²) >= 11 is 3.15. The third-order valence-electron chi connectivity index (χ3n) is 2.06. The molecule has 0 aromatic carbocycles. The third-order valence-corrected chi connectivity index (χ3v) is 2.68. The van der Waals surface area contributed by atoms with Gasteiger partial charge in [0.1, 0.15) is 0 Å². The van der Waals surface area contributed by atoms with Crippen LogP contribution in [0.3, 0.4) is 0 Å². The van der Waals surface area contributed by atoms with Gasteiger partial charge in [0.15, 0.2) is 4.67 Å². The summed E-state index contributed by atoms with van der Waals surface area (Å²) in [5.41, 5.74) is 1.30. The van der Waals surface area contributed by atoms with Crippen LogP contribution in [0.2, 0.25) is 0 Å². The Kier molecular flexibility index (Phi) is 3.09. The number of amides is 1. The maximum Gasteiger partial charge on any atom is 0.256 e. The Morgan fingerprint density at radius 2 is 2.44 bits per heavy atom. The van der Waals surface area contributed by atoms with Gasteiger partial charge in [0.25, 0.3) is 5.91 Å². The van der Waals surface area contributed by atoms with E-state index < -0.39 is 0 Å². The van der Waals surface area contributed by atoms with Crippen LogP contribution in [0.15, 0.2) is 33.7 Å². The second-order valence-corrected chi connectivity index (χ2v) is 3.99. The molecule has 1 amide bonds. The van der Waals surface area contributed by atoms with Crippen molar-refractivity contribution in [1.29, 1.82) is 0 Å². The highest BCUT2D eigenvalue weighted by atomic mass is 79.9. The molecule has 2 aromatic rings. The summed E-state index contributed by atoms with van der Waals surface area (Å²) in [6, 6.07) is 3.46. The summed E-state index contributed by atoms with van der Waals surface area (Å²) in [6.45, 7) is 0.400. The van der Waals surface area contributed by atoms with Crippen molar-refractivity contribution in [1.82, 2.24) is 15.1 Å². The average Bonchev–Trinajstić information content (AvgIpc) is 2.84. The normalized spacial score (nSPS) is 10.4. The van der Waals surface area contributed by atoms with E-state index in [1.165, 1.54) is 6.26 Å². The van der Waals surface area contributed by atoms with E-state index >= 15 is 0 Å². The molecule has 0 saturated carbocycles. The van der Waals surface area contributed by atoms with E-state index in [2.05, 4.69) is 26.3 Å². The maximum absolute atomic E-state index is 11.7. The van der Waals surface area contributed by atoms with E-state index in [9.17, 15) is 4.79 Å². The van der Waals surface area contributed by atoms with Gasteiger partial charge in [-0.05, 0) is 28.1 Å². The van der Waals surface area contributed by atoms with Gasteiger partial charge in [-0.25, -0.2) is 0 Å². The number of aromatic nitrogens is 2. The Bertz CT molecular complexity index is 504. The first-order valence-electron chi connectivity index (χ1n) is 4.66. The topological polar surface area (TPSA) is 60.1 Å². The van der Waals surface area contributed by atoms with Crippen LogP contribution >= 0.6 is 15.9 Å². The zero-order valence-corrected chi connectivity index (χ0v) is 10.2. The van der Waals surface area contributed by atoms with E-state index in [0.29, 0.717) is 16.8 Å². The molecule has 5 nitrogen and oxygen atoms in total. The summed E-state index contributed by atoms with van der Waals surface area (Å²) in [5.74, 6) is -0.189. The first-order valence-corrected chi connectivity index (χ1v) is 5.46. The predicted molar refractivity (Wildman–Crippen MR) is 60.8 cm³/mol. The molecule has 0 aliphatic carbocycles. The largest absolute Gasteiger partial charge is 0.457 e. The minimum absolute atomic E-state index is 0.189. The monoisotopic (exact) mass is 283 g/mol. The first kappa shape index (κ1) is 10.9. The maximum atomic E-state index is 11.7. The van der Waals surface area contributed by atoms with Crippen molar-refractivity contribution in [2.75, 3.05) is 0 Å². The number of nitrogens with one attached hydrogen (secondary N) is 1. The number of furan rings is 1. The van der Waals surface area contributed by atoms with Gasteiger partial charge < -0.3 is 9.73 Å². The molecule has 16 heavy (non-hydrogen) atoms. The molecule has 6 heteroatoms. The van der Waals surface area contributed by atoms with Crippen LogP contribution in [0.1, 0.15) is 16.1 Å². The zero-order valence-electron chi connectivity index (χ0n) is 8.61. The average molecular weight is 284 g/mol. The van der Waals surface area contributed by atoms with Crippen molar-refractivity contribution >= 4 is 21.8 Å². The SMILES string of the molecule is Cn1ccc(CNC(=O)c2ccoc2Br)n1. The van der Waals surface area contributed by atoms with Gasteiger partial charge in [-0.1, -0.05) is 0 Å². The number of nitrogens with zero attached hydrogens (tertiary/aromatic N) is 2. The highest BCUT2D eigenvalue weighted by Gasteiger charge is 2.12. The molecule has 0 saturated heterocycles. The van der Waals surface area contributed by atoms with Gasteiger partial charge in [0.05, 0.1) is 24.1 Å². The highest BCUT2D eigenvalue weighted by molar-refractivity contribution is 9.10. The molecule has 0 spiro atoms. The second kappa shape index (κ2) is 4.52. The number of carbonyl (C=O) groups excluding carboxylic acids is 1. The molecule has 2 rings (SSSR count). The van der Waals surface area contributed by atoms with Crippen LogP contribution < -0.4 is 5.32 Å². The number of aryl methyl sites for hydroxylation is 1. The Balaban J connectivity index is 1.96. The van der Waals surface area contributed by atoms with Crippen molar-refractivity contribution in [3.05, 3.63) is 40.5 Å². The van der Waals surface area contributed by atoms with Crippen LogP contribution in [0, 0.1) is 0 Å². The van der Waals surface area contributed by atoms with Gasteiger partial charge in [-0.2, -0.15) is 5.10 Å². The Hall–Kier alpha value is -1.56. The fourth-order valence-electron chi connectivity index (χ4n) is 1.28. The third kappa shape index (κ3) is 2.33. The quantitative estimate of drug-likeness (QED) is 0.933. The molecular formula is C10H10BrN3O2. The second-order valence-electron chi connectivity index (χ2n) is 3.27. The van der Waals surface area contributed by atoms with Crippen molar-refractivity contribution in [3.8, 4) is 0 Å². The first-order chi connectivity index (χ1) is 7.66. The lowest BCUT2D eigenvalue weighted by Crippen LogP contribution is -2.22. The molecule has 0 radical (unpaired) electrons. The van der Waals surface area contributed by atoms with Crippen molar-refractivity contribution in [2.24, 2.45) is 7.05 Å². The van der Waals surface area contributed by atoms with Crippen molar-refractivity contribution < 1.29 is 9.21 Å². The molecular weight excluding hydrogens is 274 g/mol. The van der Waals surface area contributed by atoms with E-state index in [0.717, 1.165) is 5.69 Å². The van der Waals surface area contributed by atoms with Gasteiger partial charge in [0, 0.05) is 13.2 Å². The summed E-state index contributed by atoms with van der Waals surface area (Å²) < 4.78 is 7.10. The number of rotatable bonds is 3. The molecule has 0 bridgehead atoms. The molecule has 0 aliphatic heterocycles. The zero-order chi connectivity index (χ0) is 11.5. The van der Waals surface area contributed by atoms with Gasteiger partial charge in [-0.3, -0.25) is 9.48 Å². The summed E-state index contributed by atoms with van der Waals surface area (Å²) in [4.78, 5) is 11.7. The van der Waals surface area contributed by atoms with Crippen LogP contribution in [0.25, 0.3) is 0 Å². The van der Waals surface area contributed by atoms with Gasteiger partial charge >= 0.3 is 0 Å². The standard InChI is InChI=1S/C10H10BrN3O2/c1-14-4-2-7(13-14)6-12-10(15)8-3-5-16-9(8)11/h2-5H,6H2,1H3,(H,12,15). The fraction of sp³-hybridized carbons (Fsp3) is 0.200. The molecule has 2 heterocycles. The highest BCUT2D eigenvalue weighted by Crippen LogP contribution is 2.17. The van der Waals surface area contributed by atoms with Crippen LogP contribution in [-0.4, -0.2) is 15.7 Å². The summed E-state index contributed by atoms with van der Waals surface area (Å²) in [7, 11) is 1.83. The lowest BCUT2D eigenvalue weighted by atomic mass is 10.3. The summed E-state index contributed by atoms with van der Waals surface area (Å²) in [6.07, 6.45) is 3.29. The number of hydrogen-bond donors (Lipinski definition) is 1. The van der Waals surface area contributed by atoms with Crippen molar-refractivity contribution in [2.45, 2.75) is 6.54 Å². The molecule has 84 valence electrons. The Morgan fingerprint density at radius 3 is 3.00 bits per heavy atom. The van der Waals surface area contributed by atoms with Crippen LogP contribution in [0.5, 0.6) is 0 Å². The van der Waals surface area contributed by atoms with E-state index in [1.54, 1.807) is 10.7 Å². The van der Waals surface area contributed by atoms with Gasteiger partial charge in [0.2, 0.25) is 0 Å². The lowest BCUT2D eigenvalue weighted by Gasteiger charge is -2.00. The predicted octanol–water partition coefficient (Wildman–Crippen LogP) is 1.71. The number of halogens is 1. The molecule has 1 N–H and O–H groups in total. The van der Waals surface area contributed by atoms with E-state index in [4.69, 9.17) is 4.42 Å². The molecule has 0 aliphatic rings. The molecule has 2 aromatic heterocycles. The lowest BCUT2D eigenvalue weighted by molar-refractivity contribution is 0.0948. The number of carbonyl (C=O) groups is 1. The Morgan fingerprint density at radius 1 is 1.62 bits per heavy atom. The Labute approximate surface area is 101 Å². The number of hydrogen-bond acceptors (Lipinski definition) is 3. The smallest absolute Gasteiger partial charge is 0.256 e.